The van der Waals surface area contributed by atoms with Gasteiger partial charge >= 0.3 is 0 Å². The van der Waals surface area contributed by atoms with Crippen molar-refractivity contribution in [3.05, 3.63) is 38.8 Å². The van der Waals surface area contributed by atoms with Crippen molar-refractivity contribution in [2.45, 2.75) is 25.2 Å². The summed E-state index contributed by atoms with van der Waals surface area (Å²) in [5.74, 6) is 0.466. The lowest BCUT2D eigenvalue weighted by Gasteiger charge is -2.00. The maximum Gasteiger partial charge on any atom is 0.271 e. The van der Waals surface area contributed by atoms with E-state index in [4.69, 9.17) is 11.6 Å². The number of halogens is 1. The van der Waals surface area contributed by atoms with Crippen molar-refractivity contribution in [3.8, 4) is 0 Å². The average molecular weight is 296 g/mol. The molecule has 0 atom stereocenters. The molecule has 6 heteroatoms. The van der Waals surface area contributed by atoms with Gasteiger partial charge in [0, 0.05) is 23.0 Å². The van der Waals surface area contributed by atoms with Crippen molar-refractivity contribution in [1.82, 2.24) is 15.5 Å². The van der Waals surface area contributed by atoms with Gasteiger partial charge in [-0.15, -0.1) is 11.3 Å². The molecule has 1 fully saturated rings. The first-order valence-corrected chi connectivity index (χ1v) is 7.49. The highest BCUT2D eigenvalue weighted by molar-refractivity contribution is 7.16. The van der Waals surface area contributed by atoms with E-state index in [1.165, 1.54) is 17.7 Å². The quantitative estimate of drug-likeness (QED) is 0.891. The number of H-pyrrole nitrogens is 1. The van der Waals surface area contributed by atoms with E-state index >= 15 is 0 Å². The van der Waals surface area contributed by atoms with Crippen LogP contribution in [0.25, 0.3) is 0 Å². The summed E-state index contributed by atoms with van der Waals surface area (Å²) in [6, 6.07) is 5.72. The van der Waals surface area contributed by atoms with Gasteiger partial charge in [0.15, 0.2) is 0 Å². The smallest absolute Gasteiger partial charge is 0.271 e. The number of thiophene rings is 1. The number of hydrogen-bond donors (Lipinski definition) is 2. The third kappa shape index (κ3) is 3.16. The summed E-state index contributed by atoms with van der Waals surface area (Å²) in [5.41, 5.74) is 1.56. The Morgan fingerprint density at radius 3 is 3.05 bits per heavy atom. The average Bonchev–Trinajstić information content (AvgIpc) is 2.97. The Morgan fingerprint density at radius 2 is 2.37 bits per heavy atom. The summed E-state index contributed by atoms with van der Waals surface area (Å²) in [6.45, 7) is 0.599. The van der Waals surface area contributed by atoms with E-state index in [1.807, 2.05) is 18.2 Å². The van der Waals surface area contributed by atoms with Crippen LogP contribution in [-0.2, 0) is 6.42 Å². The molecule has 0 aliphatic heterocycles. The first-order valence-electron chi connectivity index (χ1n) is 6.30. The number of nitrogens with zero attached hydrogens (tertiary/aromatic N) is 1. The minimum atomic E-state index is -0.120. The van der Waals surface area contributed by atoms with Crippen LogP contribution in [0.1, 0.15) is 39.8 Å². The third-order valence-electron chi connectivity index (χ3n) is 3.13. The molecule has 0 bridgehead atoms. The van der Waals surface area contributed by atoms with Gasteiger partial charge in [-0.1, -0.05) is 11.6 Å². The number of hydrogen-bond acceptors (Lipinski definition) is 3. The van der Waals surface area contributed by atoms with Crippen LogP contribution in [-0.4, -0.2) is 22.6 Å². The molecule has 2 N–H and O–H groups in total. The summed E-state index contributed by atoms with van der Waals surface area (Å²) in [6.07, 6.45) is 3.19. The zero-order valence-corrected chi connectivity index (χ0v) is 11.9. The second-order valence-electron chi connectivity index (χ2n) is 4.69. The summed E-state index contributed by atoms with van der Waals surface area (Å²) >= 11 is 7.40. The van der Waals surface area contributed by atoms with Gasteiger partial charge in [-0.3, -0.25) is 9.89 Å². The van der Waals surface area contributed by atoms with E-state index in [9.17, 15) is 4.79 Å². The third-order valence-corrected chi connectivity index (χ3v) is 4.42. The zero-order valence-electron chi connectivity index (χ0n) is 10.3. The fraction of sp³-hybridized carbons (Fsp3) is 0.385. The molecule has 0 radical (unpaired) electrons. The van der Waals surface area contributed by atoms with Gasteiger partial charge in [-0.2, -0.15) is 5.10 Å². The van der Waals surface area contributed by atoms with Crippen LogP contribution in [0.5, 0.6) is 0 Å². The van der Waals surface area contributed by atoms with Crippen LogP contribution < -0.4 is 5.32 Å². The van der Waals surface area contributed by atoms with E-state index in [0.29, 0.717) is 18.2 Å². The fourth-order valence-electron chi connectivity index (χ4n) is 1.93. The number of carbonyl (C=O) groups is 1. The Bertz CT molecular complexity index is 588. The lowest BCUT2D eigenvalue weighted by molar-refractivity contribution is 0.0949. The van der Waals surface area contributed by atoms with Crippen LogP contribution >= 0.6 is 22.9 Å². The Balaban J connectivity index is 1.50. The Hall–Kier alpha value is -1.33. The Kier molecular flexibility index (Phi) is 3.57. The van der Waals surface area contributed by atoms with Gasteiger partial charge in [-0.25, -0.2) is 0 Å². The van der Waals surface area contributed by atoms with Gasteiger partial charge in [0.05, 0.1) is 4.34 Å². The maximum absolute atomic E-state index is 11.9. The minimum Gasteiger partial charge on any atom is -0.350 e. The van der Waals surface area contributed by atoms with Crippen LogP contribution in [0.2, 0.25) is 4.34 Å². The molecule has 1 saturated carbocycles. The van der Waals surface area contributed by atoms with Crippen molar-refractivity contribution in [3.63, 3.8) is 0 Å². The molecule has 0 unspecified atom stereocenters. The highest BCUT2D eigenvalue weighted by Gasteiger charge is 2.26. The molecule has 19 heavy (non-hydrogen) atoms. The molecule has 3 rings (SSSR count). The SMILES string of the molecule is O=C(NCCc1ccc(Cl)s1)c1cc(C2CC2)[nH]n1. The zero-order chi connectivity index (χ0) is 13.2. The van der Waals surface area contributed by atoms with E-state index in [2.05, 4.69) is 15.5 Å². The molecule has 0 aromatic carbocycles. The standard InChI is InChI=1S/C13H14ClN3OS/c14-12-4-3-9(19-12)5-6-15-13(18)11-7-10(16-17-11)8-1-2-8/h3-4,7-8H,1-2,5-6H2,(H,15,18)(H,16,17). The molecule has 100 valence electrons. The maximum atomic E-state index is 11.9. The van der Waals surface area contributed by atoms with Crippen molar-refractivity contribution >= 4 is 28.8 Å². The van der Waals surface area contributed by atoms with Crippen molar-refractivity contribution in [1.29, 1.82) is 0 Å². The van der Waals surface area contributed by atoms with Crippen molar-refractivity contribution < 1.29 is 4.79 Å². The second kappa shape index (κ2) is 5.35. The number of amides is 1. The lowest BCUT2D eigenvalue weighted by Crippen LogP contribution is -2.25. The molecule has 1 aliphatic rings. The van der Waals surface area contributed by atoms with Gasteiger partial charge < -0.3 is 5.32 Å². The molecule has 1 aliphatic carbocycles. The number of carbonyl (C=O) groups excluding carboxylic acids is 1. The molecule has 4 nitrogen and oxygen atoms in total. The van der Waals surface area contributed by atoms with Crippen molar-refractivity contribution in [2.75, 3.05) is 6.54 Å². The first-order chi connectivity index (χ1) is 9.22. The van der Waals surface area contributed by atoms with Crippen LogP contribution in [0.15, 0.2) is 18.2 Å². The molecule has 2 heterocycles. The lowest BCUT2D eigenvalue weighted by atomic mass is 10.2. The van der Waals surface area contributed by atoms with Gasteiger partial charge in [0.2, 0.25) is 0 Å². The molecule has 1 amide bonds. The first kappa shape index (κ1) is 12.7. The summed E-state index contributed by atoms with van der Waals surface area (Å²) in [4.78, 5) is 13.1. The Morgan fingerprint density at radius 1 is 1.53 bits per heavy atom. The highest BCUT2D eigenvalue weighted by Crippen LogP contribution is 2.38. The van der Waals surface area contributed by atoms with Gasteiger partial charge in [0.25, 0.3) is 5.91 Å². The topological polar surface area (TPSA) is 57.8 Å². The summed E-state index contributed by atoms with van der Waals surface area (Å²) in [5, 5.41) is 9.86. The predicted molar refractivity (Wildman–Crippen MR) is 75.9 cm³/mol. The number of rotatable bonds is 5. The molecule has 0 saturated heterocycles. The minimum absolute atomic E-state index is 0.120. The van der Waals surface area contributed by atoms with Gasteiger partial charge in [0.1, 0.15) is 5.69 Å². The second-order valence-corrected chi connectivity index (χ2v) is 6.49. The van der Waals surface area contributed by atoms with E-state index in [0.717, 1.165) is 16.5 Å². The highest BCUT2D eigenvalue weighted by atomic mass is 35.5. The largest absolute Gasteiger partial charge is 0.350 e. The molecule has 0 spiro atoms. The van der Waals surface area contributed by atoms with E-state index in [1.54, 1.807) is 11.3 Å². The monoisotopic (exact) mass is 295 g/mol. The molecule has 2 aromatic heterocycles. The summed E-state index contributed by atoms with van der Waals surface area (Å²) in [7, 11) is 0. The Labute approximate surface area is 120 Å². The van der Waals surface area contributed by atoms with E-state index < -0.39 is 0 Å². The predicted octanol–water partition coefficient (Wildman–Crippen LogP) is 2.97. The number of nitrogens with one attached hydrogen (secondary N) is 2. The van der Waals surface area contributed by atoms with Crippen molar-refractivity contribution in [2.24, 2.45) is 0 Å². The number of aromatic nitrogens is 2. The molecular formula is C13H14ClN3OS. The van der Waals surface area contributed by atoms with Gasteiger partial charge in [-0.05, 0) is 37.5 Å². The fourth-order valence-corrected chi connectivity index (χ4v) is 3.02. The van der Waals surface area contributed by atoms with Crippen LogP contribution in [0, 0.1) is 0 Å². The molecule has 2 aromatic rings. The van der Waals surface area contributed by atoms with Crippen LogP contribution in [0.3, 0.4) is 0 Å². The van der Waals surface area contributed by atoms with Crippen LogP contribution in [0.4, 0.5) is 0 Å². The molecular weight excluding hydrogens is 282 g/mol. The van der Waals surface area contributed by atoms with E-state index in [-0.39, 0.29) is 5.91 Å². The summed E-state index contributed by atoms with van der Waals surface area (Å²) < 4.78 is 0.780. The number of aromatic amines is 1. The normalized spacial score (nSPS) is 14.6.